The van der Waals surface area contributed by atoms with Crippen LogP contribution in [0.2, 0.25) is 0 Å². The Morgan fingerprint density at radius 3 is 2.68 bits per heavy atom. The molecule has 2 aromatic carbocycles. The van der Waals surface area contributed by atoms with E-state index in [0.29, 0.717) is 11.3 Å². The molecule has 0 bridgehead atoms. The number of hydrogen-bond donors (Lipinski definition) is 2. The molecule has 0 unspecified atom stereocenters. The average Bonchev–Trinajstić information content (AvgIpc) is 2.59. The van der Waals surface area contributed by atoms with Crippen LogP contribution in [0.25, 0.3) is 0 Å². The normalized spacial score (nSPS) is 9.92. The molecule has 2 rings (SSSR count). The Morgan fingerprint density at radius 1 is 1.20 bits per heavy atom. The second-order valence-electron chi connectivity index (χ2n) is 5.11. The van der Waals surface area contributed by atoms with Crippen molar-refractivity contribution in [2.45, 2.75) is 6.42 Å². The number of nitro benzene ring substituents is 1. The molecule has 0 heterocycles. The van der Waals surface area contributed by atoms with Gasteiger partial charge >= 0.3 is 0 Å². The van der Waals surface area contributed by atoms with Crippen LogP contribution in [0, 0.1) is 27.3 Å². The third kappa shape index (κ3) is 4.75. The Hall–Kier alpha value is -3.47. The van der Waals surface area contributed by atoms with Crippen molar-refractivity contribution in [1.82, 2.24) is 5.32 Å². The molecule has 0 atom stereocenters. The van der Waals surface area contributed by atoms with E-state index >= 15 is 0 Å². The number of nitrogens with one attached hydrogen (secondary N) is 2. The minimum absolute atomic E-state index is 0.0891. The van der Waals surface area contributed by atoms with Crippen LogP contribution in [0.5, 0.6) is 0 Å². The van der Waals surface area contributed by atoms with Crippen molar-refractivity contribution in [1.29, 1.82) is 5.26 Å². The first kappa shape index (κ1) is 17.9. The van der Waals surface area contributed by atoms with Crippen molar-refractivity contribution in [3.63, 3.8) is 0 Å². The number of carbonyl (C=O) groups excluding carboxylic acids is 1. The summed E-state index contributed by atoms with van der Waals surface area (Å²) in [4.78, 5) is 22.3. The van der Waals surface area contributed by atoms with Crippen molar-refractivity contribution >= 4 is 17.3 Å². The number of rotatable bonds is 7. The van der Waals surface area contributed by atoms with E-state index in [1.807, 2.05) is 0 Å². The van der Waals surface area contributed by atoms with Crippen LogP contribution in [-0.2, 0) is 11.2 Å². The van der Waals surface area contributed by atoms with Crippen LogP contribution < -0.4 is 10.6 Å². The number of hydrogen-bond acceptors (Lipinski definition) is 5. The molecule has 2 aromatic rings. The molecule has 25 heavy (non-hydrogen) atoms. The Bertz CT molecular complexity index is 833. The molecule has 0 aliphatic heterocycles. The predicted octanol–water partition coefficient (Wildman–Crippen LogP) is 2.38. The highest BCUT2D eigenvalue weighted by molar-refractivity contribution is 5.79. The standard InChI is InChI=1S/C17H15FN4O3/c18-14-5-3-6-15(13(14)11-19)20-8-9-21-17(23)10-12-4-1-2-7-16(12)22(24)25/h1-7,20H,8-10H2,(H,21,23). The molecule has 0 aliphatic rings. The fourth-order valence-corrected chi connectivity index (χ4v) is 2.26. The first-order valence-electron chi connectivity index (χ1n) is 7.44. The van der Waals surface area contributed by atoms with E-state index in [9.17, 15) is 19.3 Å². The van der Waals surface area contributed by atoms with E-state index in [-0.39, 0.29) is 36.7 Å². The molecule has 0 fully saturated rings. The number of carbonyl (C=O) groups is 1. The van der Waals surface area contributed by atoms with Gasteiger partial charge in [0.15, 0.2) is 0 Å². The Kier molecular flexibility index (Phi) is 6.01. The summed E-state index contributed by atoms with van der Waals surface area (Å²) in [5.74, 6) is -0.983. The number of benzene rings is 2. The van der Waals surface area contributed by atoms with Gasteiger partial charge < -0.3 is 10.6 Å². The first-order valence-corrected chi connectivity index (χ1v) is 7.44. The minimum Gasteiger partial charge on any atom is -0.382 e. The van der Waals surface area contributed by atoms with Gasteiger partial charge in [-0.15, -0.1) is 0 Å². The monoisotopic (exact) mass is 342 g/mol. The van der Waals surface area contributed by atoms with Crippen LogP contribution in [-0.4, -0.2) is 23.9 Å². The van der Waals surface area contributed by atoms with Crippen molar-refractivity contribution in [2.24, 2.45) is 0 Å². The summed E-state index contributed by atoms with van der Waals surface area (Å²) in [6, 6.07) is 12.1. The maximum atomic E-state index is 13.4. The van der Waals surface area contributed by atoms with Crippen LogP contribution in [0.1, 0.15) is 11.1 Å². The van der Waals surface area contributed by atoms with Gasteiger partial charge in [-0.25, -0.2) is 4.39 Å². The number of anilines is 1. The minimum atomic E-state index is -0.618. The van der Waals surface area contributed by atoms with Crippen molar-refractivity contribution < 1.29 is 14.1 Å². The summed E-state index contributed by atoms with van der Waals surface area (Å²) < 4.78 is 13.4. The van der Waals surface area contributed by atoms with Crippen LogP contribution in [0.4, 0.5) is 15.8 Å². The summed E-state index contributed by atoms with van der Waals surface area (Å²) in [6.45, 7) is 0.502. The lowest BCUT2D eigenvalue weighted by Gasteiger charge is -2.10. The smallest absolute Gasteiger partial charge is 0.273 e. The van der Waals surface area contributed by atoms with Gasteiger partial charge in [0, 0.05) is 24.7 Å². The topological polar surface area (TPSA) is 108 Å². The highest BCUT2D eigenvalue weighted by atomic mass is 19.1. The molecule has 0 saturated carbocycles. The lowest BCUT2D eigenvalue weighted by atomic mass is 10.1. The SMILES string of the molecule is N#Cc1c(F)cccc1NCCNC(=O)Cc1ccccc1[N+](=O)[O-]. The number of amides is 1. The number of nitro groups is 1. The number of para-hydroxylation sites is 1. The molecule has 0 aromatic heterocycles. The summed E-state index contributed by atoms with van der Waals surface area (Å²) in [5.41, 5.74) is 0.480. The van der Waals surface area contributed by atoms with Gasteiger partial charge in [0.2, 0.25) is 5.91 Å². The van der Waals surface area contributed by atoms with E-state index in [1.54, 1.807) is 18.2 Å². The van der Waals surface area contributed by atoms with E-state index in [4.69, 9.17) is 5.26 Å². The molecule has 0 radical (unpaired) electrons. The summed E-state index contributed by atoms with van der Waals surface area (Å²) >= 11 is 0. The summed E-state index contributed by atoms with van der Waals surface area (Å²) in [7, 11) is 0. The lowest BCUT2D eigenvalue weighted by Crippen LogP contribution is -2.30. The second kappa shape index (κ2) is 8.40. The zero-order valence-corrected chi connectivity index (χ0v) is 13.2. The van der Waals surface area contributed by atoms with E-state index in [2.05, 4.69) is 10.6 Å². The highest BCUT2D eigenvalue weighted by Gasteiger charge is 2.15. The Balaban J connectivity index is 1.85. The van der Waals surface area contributed by atoms with Gasteiger partial charge in [-0.3, -0.25) is 14.9 Å². The van der Waals surface area contributed by atoms with Gasteiger partial charge in [-0.1, -0.05) is 24.3 Å². The fourth-order valence-electron chi connectivity index (χ4n) is 2.26. The molecule has 2 N–H and O–H groups in total. The number of nitriles is 1. The van der Waals surface area contributed by atoms with Gasteiger partial charge in [-0.05, 0) is 12.1 Å². The summed E-state index contributed by atoms with van der Waals surface area (Å²) in [5, 5.41) is 25.3. The van der Waals surface area contributed by atoms with Crippen molar-refractivity contribution in [3.8, 4) is 6.07 Å². The van der Waals surface area contributed by atoms with E-state index < -0.39 is 10.7 Å². The molecular formula is C17H15FN4O3. The van der Waals surface area contributed by atoms with E-state index in [1.165, 1.54) is 30.3 Å². The molecule has 0 saturated heterocycles. The van der Waals surface area contributed by atoms with Crippen molar-refractivity contribution in [3.05, 3.63) is 69.5 Å². The van der Waals surface area contributed by atoms with Crippen LogP contribution in [0.3, 0.4) is 0 Å². The zero-order valence-electron chi connectivity index (χ0n) is 13.2. The van der Waals surface area contributed by atoms with E-state index in [0.717, 1.165) is 0 Å². The molecule has 7 nitrogen and oxygen atoms in total. The van der Waals surface area contributed by atoms with Gasteiger partial charge in [0.25, 0.3) is 5.69 Å². The van der Waals surface area contributed by atoms with Crippen LogP contribution in [0.15, 0.2) is 42.5 Å². The maximum absolute atomic E-state index is 13.4. The first-order chi connectivity index (χ1) is 12.0. The second-order valence-corrected chi connectivity index (χ2v) is 5.11. The van der Waals surface area contributed by atoms with Crippen LogP contribution >= 0.6 is 0 Å². The number of nitrogens with zero attached hydrogens (tertiary/aromatic N) is 2. The lowest BCUT2D eigenvalue weighted by molar-refractivity contribution is -0.385. The molecular weight excluding hydrogens is 327 g/mol. The molecule has 0 spiro atoms. The zero-order chi connectivity index (χ0) is 18.2. The summed E-state index contributed by atoms with van der Waals surface area (Å²) in [6.07, 6.45) is -0.111. The van der Waals surface area contributed by atoms with Gasteiger partial charge in [0.05, 0.1) is 17.0 Å². The largest absolute Gasteiger partial charge is 0.382 e. The third-order valence-electron chi connectivity index (χ3n) is 3.43. The molecule has 8 heteroatoms. The average molecular weight is 342 g/mol. The molecule has 1 amide bonds. The van der Waals surface area contributed by atoms with Crippen molar-refractivity contribution in [2.75, 3.05) is 18.4 Å². The fraction of sp³-hybridized carbons (Fsp3) is 0.176. The Labute approximate surface area is 143 Å². The third-order valence-corrected chi connectivity index (χ3v) is 3.43. The maximum Gasteiger partial charge on any atom is 0.273 e. The quantitative estimate of drug-likeness (QED) is 0.456. The molecule has 128 valence electrons. The number of halogens is 1. The Morgan fingerprint density at radius 2 is 1.96 bits per heavy atom. The predicted molar refractivity (Wildman–Crippen MR) is 89.4 cm³/mol. The molecule has 0 aliphatic carbocycles. The van der Waals surface area contributed by atoms with Gasteiger partial charge in [0.1, 0.15) is 17.4 Å². The highest BCUT2D eigenvalue weighted by Crippen LogP contribution is 2.18. The van der Waals surface area contributed by atoms with Gasteiger partial charge in [-0.2, -0.15) is 5.26 Å².